The molecule has 1 aromatic heterocycles. The summed E-state index contributed by atoms with van der Waals surface area (Å²) in [6.45, 7) is 1.32. The molecule has 15 heavy (non-hydrogen) atoms. The van der Waals surface area contributed by atoms with Gasteiger partial charge in [-0.3, -0.25) is 0 Å². The lowest BCUT2D eigenvalue weighted by atomic mass is 10.1. The molecule has 0 unspecified atom stereocenters. The number of aromatic nitrogens is 1. The Balaban J connectivity index is 3.44. The van der Waals surface area contributed by atoms with Crippen molar-refractivity contribution in [1.82, 2.24) is 4.98 Å². The monoisotopic (exact) mass is 212 g/mol. The summed E-state index contributed by atoms with van der Waals surface area (Å²) in [5.74, 6) is -1.36. The van der Waals surface area contributed by atoms with E-state index >= 15 is 0 Å². The van der Waals surface area contributed by atoms with Gasteiger partial charge in [0, 0.05) is 0 Å². The van der Waals surface area contributed by atoms with Crippen LogP contribution in [0.5, 0.6) is 0 Å². The van der Waals surface area contributed by atoms with Crippen molar-refractivity contribution in [2.45, 2.75) is 13.3 Å². The number of halogens is 2. The molecule has 0 aliphatic carbocycles. The second-order valence-corrected chi connectivity index (χ2v) is 2.80. The van der Waals surface area contributed by atoms with Crippen LogP contribution in [-0.2, 0) is 0 Å². The molecule has 1 N–H and O–H groups in total. The van der Waals surface area contributed by atoms with Crippen LogP contribution in [0, 0.1) is 18.3 Å². The van der Waals surface area contributed by atoms with Crippen molar-refractivity contribution >= 4 is 5.97 Å². The van der Waals surface area contributed by atoms with Crippen molar-refractivity contribution < 1.29 is 18.7 Å². The first-order chi connectivity index (χ1) is 6.97. The van der Waals surface area contributed by atoms with Crippen molar-refractivity contribution in [3.8, 4) is 6.07 Å². The van der Waals surface area contributed by atoms with Crippen LogP contribution in [0.2, 0.25) is 0 Å². The average molecular weight is 212 g/mol. The van der Waals surface area contributed by atoms with E-state index < -0.39 is 23.8 Å². The fourth-order valence-electron chi connectivity index (χ4n) is 1.10. The number of nitriles is 1. The summed E-state index contributed by atoms with van der Waals surface area (Å²) in [4.78, 5) is 14.0. The number of alkyl halides is 2. The zero-order valence-electron chi connectivity index (χ0n) is 7.66. The van der Waals surface area contributed by atoms with Crippen molar-refractivity contribution in [3.63, 3.8) is 0 Å². The van der Waals surface area contributed by atoms with Gasteiger partial charge in [-0.25, -0.2) is 18.6 Å². The number of carboxylic acid groups (broad SMARTS) is 1. The largest absolute Gasteiger partial charge is 0.478 e. The van der Waals surface area contributed by atoms with Crippen LogP contribution in [0.15, 0.2) is 6.07 Å². The van der Waals surface area contributed by atoms with Gasteiger partial charge in [0.2, 0.25) is 0 Å². The van der Waals surface area contributed by atoms with Gasteiger partial charge in [-0.2, -0.15) is 5.26 Å². The number of hydrogen-bond donors (Lipinski definition) is 1. The molecule has 0 aliphatic heterocycles. The quantitative estimate of drug-likeness (QED) is 0.812. The van der Waals surface area contributed by atoms with Crippen LogP contribution >= 0.6 is 0 Å². The Bertz CT molecular complexity index is 452. The Morgan fingerprint density at radius 2 is 2.27 bits per heavy atom. The molecule has 0 saturated heterocycles. The summed E-state index contributed by atoms with van der Waals surface area (Å²) in [5, 5.41) is 17.2. The van der Waals surface area contributed by atoms with Crippen LogP contribution in [0.1, 0.15) is 33.7 Å². The minimum atomic E-state index is -2.82. The molecular weight excluding hydrogens is 206 g/mol. The summed E-state index contributed by atoms with van der Waals surface area (Å²) < 4.78 is 24.7. The molecule has 0 aliphatic rings. The van der Waals surface area contributed by atoms with Gasteiger partial charge in [0.25, 0.3) is 6.43 Å². The third-order valence-corrected chi connectivity index (χ3v) is 1.80. The Morgan fingerprint density at radius 1 is 1.67 bits per heavy atom. The van der Waals surface area contributed by atoms with Crippen LogP contribution in [-0.4, -0.2) is 16.1 Å². The Hall–Kier alpha value is -2.03. The number of pyridine rings is 1. The molecule has 0 radical (unpaired) electrons. The first-order valence-corrected chi connectivity index (χ1v) is 3.90. The van der Waals surface area contributed by atoms with Gasteiger partial charge in [-0.05, 0) is 18.6 Å². The highest BCUT2D eigenvalue weighted by molar-refractivity contribution is 5.90. The van der Waals surface area contributed by atoms with E-state index in [0.29, 0.717) is 0 Å². The molecule has 78 valence electrons. The van der Waals surface area contributed by atoms with Crippen molar-refractivity contribution in [3.05, 3.63) is 28.6 Å². The molecule has 0 saturated carbocycles. The van der Waals surface area contributed by atoms with E-state index in [1.807, 2.05) is 0 Å². The number of rotatable bonds is 2. The first kappa shape index (κ1) is 11.0. The third-order valence-electron chi connectivity index (χ3n) is 1.80. The van der Waals surface area contributed by atoms with E-state index in [4.69, 9.17) is 10.4 Å². The highest BCUT2D eigenvalue weighted by Gasteiger charge is 2.19. The van der Waals surface area contributed by atoms with Gasteiger partial charge >= 0.3 is 5.97 Å². The SMILES string of the molecule is Cc1cc(C(=O)O)c(C#N)nc1C(F)F. The molecule has 4 nitrogen and oxygen atoms in total. The number of aromatic carboxylic acids is 1. The van der Waals surface area contributed by atoms with Crippen LogP contribution in [0.25, 0.3) is 0 Å². The first-order valence-electron chi connectivity index (χ1n) is 3.90. The van der Waals surface area contributed by atoms with Gasteiger partial charge in [-0.15, -0.1) is 0 Å². The number of carbonyl (C=O) groups is 1. The number of hydrogen-bond acceptors (Lipinski definition) is 3. The maximum Gasteiger partial charge on any atom is 0.338 e. The molecule has 0 atom stereocenters. The molecule has 0 fully saturated rings. The van der Waals surface area contributed by atoms with Crippen LogP contribution < -0.4 is 0 Å². The van der Waals surface area contributed by atoms with Crippen molar-refractivity contribution in [2.75, 3.05) is 0 Å². The predicted octanol–water partition coefficient (Wildman–Crippen LogP) is 1.90. The summed E-state index contributed by atoms with van der Waals surface area (Å²) in [5.41, 5.74) is -1.36. The molecule has 1 aromatic rings. The van der Waals surface area contributed by atoms with E-state index in [0.717, 1.165) is 6.07 Å². The van der Waals surface area contributed by atoms with E-state index in [2.05, 4.69) is 4.98 Å². The molecule has 6 heteroatoms. The lowest BCUT2D eigenvalue weighted by Gasteiger charge is -2.05. The molecule has 0 spiro atoms. The second kappa shape index (κ2) is 4.00. The molecule has 1 rings (SSSR count). The predicted molar refractivity (Wildman–Crippen MR) is 45.6 cm³/mol. The van der Waals surface area contributed by atoms with E-state index in [1.54, 1.807) is 0 Å². The lowest BCUT2D eigenvalue weighted by Crippen LogP contribution is -2.07. The highest BCUT2D eigenvalue weighted by Crippen LogP contribution is 2.22. The van der Waals surface area contributed by atoms with E-state index in [-0.39, 0.29) is 11.1 Å². The van der Waals surface area contributed by atoms with E-state index in [9.17, 15) is 13.6 Å². The minimum absolute atomic E-state index is 0.0569. The lowest BCUT2D eigenvalue weighted by molar-refractivity contribution is 0.0695. The van der Waals surface area contributed by atoms with Gasteiger partial charge < -0.3 is 5.11 Å². The molecule has 1 heterocycles. The number of aryl methyl sites for hydroxylation is 1. The normalized spacial score (nSPS) is 10.1. The summed E-state index contributed by atoms with van der Waals surface area (Å²) in [7, 11) is 0. The fourth-order valence-corrected chi connectivity index (χ4v) is 1.10. The Labute approximate surface area is 83.8 Å². The van der Waals surface area contributed by atoms with Gasteiger partial charge in [0.15, 0.2) is 5.69 Å². The number of carboxylic acids is 1. The third kappa shape index (κ3) is 2.07. The maximum absolute atomic E-state index is 12.4. The smallest absolute Gasteiger partial charge is 0.338 e. The zero-order valence-corrected chi connectivity index (χ0v) is 7.66. The molecule has 0 aromatic carbocycles. The minimum Gasteiger partial charge on any atom is -0.478 e. The fraction of sp³-hybridized carbons (Fsp3) is 0.222. The van der Waals surface area contributed by atoms with Crippen molar-refractivity contribution in [2.24, 2.45) is 0 Å². The number of nitrogens with zero attached hydrogens (tertiary/aromatic N) is 2. The Morgan fingerprint density at radius 3 is 2.67 bits per heavy atom. The highest BCUT2D eigenvalue weighted by atomic mass is 19.3. The van der Waals surface area contributed by atoms with Crippen molar-refractivity contribution in [1.29, 1.82) is 5.26 Å². The van der Waals surface area contributed by atoms with Gasteiger partial charge in [0.05, 0.1) is 5.56 Å². The standard InChI is InChI=1S/C9H6F2N2O2/c1-4-2-5(9(14)15)6(3-12)13-7(4)8(10)11/h2,8H,1H3,(H,14,15). The average Bonchev–Trinajstić information content (AvgIpc) is 2.16. The summed E-state index contributed by atoms with van der Waals surface area (Å²) in [6.07, 6.45) is -2.82. The topological polar surface area (TPSA) is 74.0 Å². The molecule has 0 bridgehead atoms. The molecule has 0 amide bonds. The molecular formula is C9H6F2N2O2. The summed E-state index contributed by atoms with van der Waals surface area (Å²) >= 11 is 0. The van der Waals surface area contributed by atoms with E-state index in [1.165, 1.54) is 13.0 Å². The zero-order chi connectivity index (χ0) is 11.6. The maximum atomic E-state index is 12.4. The van der Waals surface area contributed by atoms with Gasteiger partial charge in [0.1, 0.15) is 11.8 Å². The van der Waals surface area contributed by atoms with Gasteiger partial charge in [-0.1, -0.05) is 0 Å². The van der Waals surface area contributed by atoms with Crippen LogP contribution in [0.4, 0.5) is 8.78 Å². The second-order valence-electron chi connectivity index (χ2n) is 2.80. The summed E-state index contributed by atoms with van der Waals surface area (Å²) in [6, 6.07) is 2.50. The van der Waals surface area contributed by atoms with Crippen LogP contribution in [0.3, 0.4) is 0 Å². The Kier molecular flexibility index (Phi) is 2.95.